The van der Waals surface area contributed by atoms with Gasteiger partial charge in [0.15, 0.2) is 5.96 Å². The summed E-state index contributed by atoms with van der Waals surface area (Å²) in [5.74, 6) is 0.589. The van der Waals surface area contributed by atoms with Crippen LogP contribution < -0.4 is 15.8 Å². The Morgan fingerprint density at radius 1 is 1.13 bits per heavy atom. The molecule has 0 radical (unpaired) electrons. The number of rotatable bonds is 6. The number of benzene rings is 2. The van der Waals surface area contributed by atoms with Gasteiger partial charge in [-0.1, -0.05) is 16.8 Å². The van der Waals surface area contributed by atoms with Crippen molar-refractivity contribution in [2.75, 3.05) is 11.9 Å². The van der Waals surface area contributed by atoms with E-state index in [0.29, 0.717) is 28.8 Å². The van der Waals surface area contributed by atoms with Crippen molar-refractivity contribution < 1.29 is 22.4 Å². The first kappa shape index (κ1) is 23.7. The van der Waals surface area contributed by atoms with E-state index in [1.807, 2.05) is 0 Å². The van der Waals surface area contributed by atoms with Gasteiger partial charge in [-0.2, -0.15) is 4.98 Å². The quantitative estimate of drug-likeness (QED) is 0.257. The van der Waals surface area contributed by atoms with Gasteiger partial charge in [0.1, 0.15) is 5.75 Å². The van der Waals surface area contributed by atoms with Crippen LogP contribution in [0.3, 0.4) is 0 Å². The number of nitrogens with two attached hydrogens (primary N) is 1. The van der Waals surface area contributed by atoms with Crippen molar-refractivity contribution in [1.29, 1.82) is 0 Å². The van der Waals surface area contributed by atoms with E-state index in [9.17, 15) is 13.2 Å². The highest BCUT2D eigenvalue weighted by Gasteiger charge is 2.30. The predicted molar refractivity (Wildman–Crippen MR) is 117 cm³/mol. The Balaban J connectivity index is 0.00000320. The van der Waals surface area contributed by atoms with Crippen molar-refractivity contribution >= 4 is 47.2 Å². The summed E-state index contributed by atoms with van der Waals surface area (Å²) in [5, 5.41) is 7.27. The molecule has 0 aliphatic rings. The first-order valence-electron chi connectivity index (χ1n) is 8.30. The van der Waals surface area contributed by atoms with Crippen molar-refractivity contribution in [3.05, 3.63) is 59.4 Å². The van der Waals surface area contributed by atoms with E-state index in [4.69, 9.17) is 21.9 Å². The molecule has 0 bridgehead atoms. The van der Waals surface area contributed by atoms with Crippen LogP contribution in [-0.2, 0) is 6.42 Å². The molecule has 0 unspecified atom stereocenters. The molecule has 30 heavy (non-hydrogen) atoms. The molecule has 0 fully saturated rings. The molecule has 0 amide bonds. The smallest absolute Gasteiger partial charge is 0.406 e. The summed E-state index contributed by atoms with van der Waals surface area (Å²) in [5.41, 5.74) is 7.00. The largest absolute Gasteiger partial charge is 0.573 e. The third kappa shape index (κ3) is 7.37. The minimum atomic E-state index is -4.74. The maximum Gasteiger partial charge on any atom is 0.573 e. The normalized spacial score (nSPS) is 11.7. The van der Waals surface area contributed by atoms with Gasteiger partial charge in [-0.05, 0) is 48.5 Å². The zero-order valence-corrected chi connectivity index (χ0v) is 18.3. The van der Waals surface area contributed by atoms with Crippen LogP contribution in [0.5, 0.6) is 5.75 Å². The Kier molecular flexibility index (Phi) is 8.29. The minimum Gasteiger partial charge on any atom is -0.406 e. The fraction of sp³-hybridized carbons (Fsp3) is 0.167. The van der Waals surface area contributed by atoms with E-state index in [2.05, 4.69) is 25.2 Å². The van der Waals surface area contributed by atoms with Crippen molar-refractivity contribution in [2.24, 2.45) is 10.7 Å². The number of hydrogen-bond donors (Lipinski definition) is 2. The lowest BCUT2D eigenvalue weighted by Gasteiger charge is -2.10. The van der Waals surface area contributed by atoms with Crippen molar-refractivity contribution in [3.63, 3.8) is 0 Å². The molecule has 12 heteroatoms. The molecule has 7 nitrogen and oxygen atoms in total. The van der Waals surface area contributed by atoms with Crippen LogP contribution in [0, 0.1) is 0 Å². The van der Waals surface area contributed by atoms with Gasteiger partial charge in [0, 0.05) is 22.7 Å². The van der Waals surface area contributed by atoms with E-state index in [-0.39, 0.29) is 42.2 Å². The molecular formula is C18H16ClF3IN5O2. The number of alkyl halides is 3. The summed E-state index contributed by atoms with van der Waals surface area (Å²) >= 11 is 5.85. The van der Waals surface area contributed by atoms with Crippen LogP contribution in [0.15, 0.2) is 58.0 Å². The second-order valence-electron chi connectivity index (χ2n) is 5.73. The van der Waals surface area contributed by atoms with Crippen LogP contribution in [0.2, 0.25) is 5.02 Å². The van der Waals surface area contributed by atoms with E-state index in [1.165, 1.54) is 24.3 Å². The second kappa shape index (κ2) is 10.5. The molecule has 0 saturated heterocycles. The summed E-state index contributed by atoms with van der Waals surface area (Å²) in [4.78, 5) is 8.39. The standard InChI is InChI=1S/C18H15ClF3N5O2.HI/c19-12-3-1-11(2-4-12)16-26-15(29-27-16)9-10-24-17(23)25-13-5-7-14(8-6-13)28-18(20,21)22;/h1-8H,9-10H2,(H3,23,24,25);1H. The molecule has 3 N–H and O–H groups in total. The monoisotopic (exact) mass is 553 g/mol. The lowest BCUT2D eigenvalue weighted by molar-refractivity contribution is -0.274. The Morgan fingerprint density at radius 2 is 1.80 bits per heavy atom. The van der Waals surface area contributed by atoms with Crippen molar-refractivity contribution in [2.45, 2.75) is 12.8 Å². The van der Waals surface area contributed by atoms with Crippen molar-refractivity contribution in [3.8, 4) is 17.1 Å². The van der Waals surface area contributed by atoms with Crippen LogP contribution in [-0.4, -0.2) is 29.0 Å². The molecule has 1 heterocycles. The van der Waals surface area contributed by atoms with E-state index in [1.54, 1.807) is 24.3 Å². The van der Waals surface area contributed by atoms with Crippen molar-refractivity contribution in [1.82, 2.24) is 10.1 Å². The molecule has 0 spiro atoms. The molecular weight excluding hydrogens is 538 g/mol. The Hall–Kier alpha value is -2.54. The molecule has 2 aromatic carbocycles. The molecule has 0 aliphatic carbocycles. The van der Waals surface area contributed by atoms with Crippen LogP contribution in [0.25, 0.3) is 11.4 Å². The molecule has 160 valence electrons. The topological polar surface area (TPSA) is 98.6 Å². The number of aliphatic imine (C=N–C) groups is 1. The summed E-state index contributed by atoms with van der Waals surface area (Å²) in [6.07, 6.45) is -4.38. The fourth-order valence-corrected chi connectivity index (χ4v) is 2.40. The lowest BCUT2D eigenvalue weighted by atomic mass is 10.2. The van der Waals surface area contributed by atoms with E-state index in [0.717, 1.165) is 5.56 Å². The molecule has 0 aliphatic heterocycles. The summed E-state index contributed by atoms with van der Waals surface area (Å²) in [7, 11) is 0. The minimum absolute atomic E-state index is 0. The molecule has 3 rings (SSSR count). The van der Waals surface area contributed by atoms with Gasteiger partial charge in [-0.15, -0.1) is 37.1 Å². The number of halogens is 5. The number of nitrogens with zero attached hydrogens (tertiary/aromatic N) is 3. The lowest BCUT2D eigenvalue weighted by Crippen LogP contribution is -2.23. The molecule has 0 atom stereocenters. The van der Waals surface area contributed by atoms with Crippen LogP contribution in [0.4, 0.5) is 18.9 Å². The molecule has 0 saturated carbocycles. The second-order valence-corrected chi connectivity index (χ2v) is 6.17. The number of guanidine groups is 1. The van der Waals surface area contributed by atoms with Crippen LogP contribution >= 0.6 is 35.6 Å². The summed E-state index contributed by atoms with van der Waals surface area (Å²) in [6, 6.07) is 12.1. The maximum absolute atomic E-state index is 12.1. The predicted octanol–water partition coefficient (Wildman–Crippen LogP) is 4.88. The number of aromatic nitrogens is 2. The highest BCUT2D eigenvalue weighted by Crippen LogP contribution is 2.24. The van der Waals surface area contributed by atoms with Gasteiger partial charge >= 0.3 is 6.36 Å². The Labute approximate surface area is 191 Å². The molecule has 3 aromatic rings. The highest BCUT2D eigenvalue weighted by atomic mass is 127. The van der Waals surface area contributed by atoms with Crippen LogP contribution in [0.1, 0.15) is 5.89 Å². The first-order chi connectivity index (χ1) is 13.8. The average molecular weight is 554 g/mol. The highest BCUT2D eigenvalue weighted by molar-refractivity contribution is 14.0. The van der Waals surface area contributed by atoms with Gasteiger partial charge in [0.25, 0.3) is 0 Å². The van der Waals surface area contributed by atoms with Gasteiger partial charge in [0.05, 0.1) is 6.54 Å². The Bertz CT molecular complexity index is 979. The number of nitrogens with one attached hydrogen (secondary N) is 1. The Morgan fingerprint density at radius 3 is 2.43 bits per heavy atom. The average Bonchev–Trinajstić information content (AvgIpc) is 3.12. The van der Waals surface area contributed by atoms with Gasteiger partial charge in [0.2, 0.25) is 11.7 Å². The first-order valence-corrected chi connectivity index (χ1v) is 8.67. The molecule has 1 aromatic heterocycles. The van der Waals surface area contributed by atoms with E-state index >= 15 is 0 Å². The summed E-state index contributed by atoms with van der Waals surface area (Å²) in [6.45, 7) is 0.274. The van der Waals surface area contributed by atoms with Gasteiger partial charge in [-0.25, -0.2) is 0 Å². The fourth-order valence-electron chi connectivity index (χ4n) is 2.27. The summed E-state index contributed by atoms with van der Waals surface area (Å²) < 4.78 is 45.4. The van der Waals surface area contributed by atoms with E-state index < -0.39 is 6.36 Å². The maximum atomic E-state index is 12.1. The third-order valence-electron chi connectivity index (χ3n) is 3.54. The SMILES string of the molecule is I.NC(=NCCc1nc(-c2ccc(Cl)cc2)no1)Nc1ccc(OC(F)(F)F)cc1. The van der Waals surface area contributed by atoms with Gasteiger partial charge < -0.3 is 20.3 Å². The number of hydrogen-bond acceptors (Lipinski definition) is 5. The number of anilines is 1. The zero-order valence-electron chi connectivity index (χ0n) is 15.2. The zero-order chi connectivity index (χ0) is 20.9. The number of ether oxygens (including phenoxy) is 1. The van der Waals surface area contributed by atoms with Gasteiger partial charge in [-0.3, -0.25) is 4.99 Å². The third-order valence-corrected chi connectivity index (χ3v) is 3.79.